The number of halogens is 1. The van der Waals surface area contributed by atoms with Crippen molar-refractivity contribution in [1.82, 2.24) is 4.90 Å². The van der Waals surface area contributed by atoms with Crippen molar-refractivity contribution < 1.29 is 28.6 Å². The highest BCUT2D eigenvalue weighted by Gasteiger charge is 2.47. The van der Waals surface area contributed by atoms with E-state index < -0.39 is 23.5 Å². The molecule has 3 aromatic carbocycles. The first-order valence-electron chi connectivity index (χ1n) is 11.9. The molecule has 2 saturated heterocycles. The maximum atomic E-state index is 13.5. The Balaban J connectivity index is 1.48. The second-order valence-corrected chi connectivity index (χ2v) is 8.94. The van der Waals surface area contributed by atoms with Gasteiger partial charge in [0.25, 0.3) is 11.7 Å². The van der Waals surface area contributed by atoms with E-state index in [2.05, 4.69) is 0 Å². The number of amides is 1. The van der Waals surface area contributed by atoms with Gasteiger partial charge in [-0.05, 0) is 60.4 Å². The summed E-state index contributed by atoms with van der Waals surface area (Å²) in [5, 5.41) is 11.1. The lowest BCUT2D eigenvalue weighted by atomic mass is 9.95. The zero-order chi connectivity index (χ0) is 25.1. The van der Waals surface area contributed by atoms with Crippen LogP contribution < -0.4 is 4.74 Å². The third-order valence-corrected chi connectivity index (χ3v) is 6.53. The van der Waals surface area contributed by atoms with Crippen molar-refractivity contribution in [3.05, 3.63) is 107 Å². The first-order chi connectivity index (χ1) is 17.5. The summed E-state index contributed by atoms with van der Waals surface area (Å²) in [5.41, 5.74) is 1.93. The summed E-state index contributed by atoms with van der Waals surface area (Å²) < 4.78 is 25.1. The lowest BCUT2D eigenvalue weighted by Crippen LogP contribution is -2.36. The fraction of sp³-hybridized carbons (Fsp3) is 0.241. The van der Waals surface area contributed by atoms with Gasteiger partial charge in [0.1, 0.15) is 23.9 Å². The second-order valence-electron chi connectivity index (χ2n) is 8.94. The minimum absolute atomic E-state index is 0.0254. The Morgan fingerprint density at radius 3 is 2.39 bits per heavy atom. The van der Waals surface area contributed by atoms with E-state index in [1.54, 1.807) is 24.3 Å². The number of carbonyl (C=O) groups excluding carboxylic acids is 2. The van der Waals surface area contributed by atoms with Crippen molar-refractivity contribution in [2.75, 3.05) is 13.2 Å². The maximum Gasteiger partial charge on any atom is 0.295 e. The Bertz CT molecular complexity index is 1270. The van der Waals surface area contributed by atoms with Crippen molar-refractivity contribution in [2.24, 2.45) is 0 Å². The number of rotatable bonds is 7. The van der Waals surface area contributed by atoms with Crippen molar-refractivity contribution in [3.63, 3.8) is 0 Å². The van der Waals surface area contributed by atoms with Gasteiger partial charge in [0.2, 0.25) is 0 Å². The Kier molecular flexibility index (Phi) is 6.82. The van der Waals surface area contributed by atoms with Crippen molar-refractivity contribution in [3.8, 4) is 5.75 Å². The highest BCUT2D eigenvalue weighted by atomic mass is 19.1. The smallest absolute Gasteiger partial charge is 0.295 e. The van der Waals surface area contributed by atoms with E-state index in [1.165, 1.54) is 29.2 Å². The molecule has 2 aliphatic rings. The number of ether oxygens (including phenoxy) is 2. The lowest BCUT2D eigenvalue weighted by Gasteiger charge is -2.27. The van der Waals surface area contributed by atoms with Gasteiger partial charge in [-0.25, -0.2) is 4.39 Å². The van der Waals surface area contributed by atoms with Gasteiger partial charge < -0.3 is 19.5 Å². The molecule has 2 unspecified atom stereocenters. The van der Waals surface area contributed by atoms with E-state index in [4.69, 9.17) is 9.47 Å². The van der Waals surface area contributed by atoms with Crippen LogP contribution >= 0.6 is 0 Å². The van der Waals surface area contributed by atoms with Crippen LogP contribution in [-0.4, -0.2) is 41.0 Å². The molecule has 1 N–H and O–H groups in total. The predicted molar refractivity (Wildman–Crippen MR) is 132 cm³/mol. The van der Waals surface area contributed by atoms with Gasteiger partial charge >= 0.3 is 0 Å². The van der Waals surface area contributed by atoms with Gasteiger partial charge in [-0.3, -0.25) is 9.59 Å². The Hall–Kier alpha value is -3.97. The normalized spacial score (nSPS) is 21.2. The van der Waals surface area contributed by atoms with E-state index in [9.17, 15) is 19.1 Å². The number of benzene rings is 3. The first kappa shape index (κ1) is 23.8. The SMILES string of the molecule is O=C1C(=O)N(CC2CCCO2)C(c2ccc(OCc3ccccc3)cc2)/C1=C(/O)c1ccc(F)cc1. The number of hydrogen-bond acceptors (Lipinski definition) is 5. The van der Waals surface area contributed by atoms with E-state index in [1.807, 2.05) is 30.3 Å². The van der Waals surface area contributed by atoms with Crippen LogP contribution in [0.3, 0.4) is 0 Å². The van der Waals surface area contributed by atoms with E-state index >= 15 is 0 Å². The van der Waals surface area contributed by atoms with Crippen LogP contribution in [0.2, 0.25) is 0 Å². The molecule has 1 amide bonds. The zero-order valence-corrected chi connectivity index (χ0v) is 19.6. The number of aliphatic hydroxyl groups is 1. The quantitative estimate of drug-likeness (QED) is 0.288. The van der Waals surface area contributed by atoms with Crippen LogP contribution in [0.1, 0.15) is 35.6 Å². The Morgan fingerprint density at radius 1 is 1.00 bits per heavy atom. The highest BCUT2D eigenvalue weighted by Crippen LogP contribution is 2.40. The molecule has 0 radical (unpaired) electrons. The van der Waals surface area contributed by atoms with Crippen LogP contribution in [0.15, 0.2) is 84.4 Å². The van der Waals surface area contributed by atoms with E-state index in [0.717, 1.165) is 18.4 Å². The van der Waals surface area contributed by atoms with Gasteiger partial charge in [0.05, 0.1) is 17.7 Å². The molecule has 0 saturated carbocycles. The van der Waals surface area contributed by atoms with Crippen molar-refractivity contribution in [2.45, 2.75) is 31.6 Å². The zero-order valence-electron chi connectivity index (χ0n) is 19.6. The van der Waals surface area contributed by atoms with Gasteiger partial charge in [-0.2, -0.15) is 0 Å². The van der Waals surface area contributed by atoms with E-state index in [0.29, 0.717) is 24.5 Å². The first-order valence-corrected chi connectivity index (χ1v) is 11.9. The third kappa shape index (κ3) is 4.88. The Labute approximate surface area is 208 Å². The van der Waals surface area contributed by atoms with Crippen LogP contribution in [0.25, 0.3) is 5.76 Å². The largest absolute Gasteiger partial charge is 0.507 e. The molecule has 184 valence electrons. The van der Waals surface area contributed by atoms with Crippen LogP contribution in [0.4, 0.5) is 4.39 Å². The average Bonchev–Trinajstić information content (AvgIpc) is 3.51. The molecule has 5 rings (SSSR count). The van der Waals surface area contributed by atoms with Gasteiger partial charge in [0.15, 0.2) is 0 Å². The predicted octanol–water partition coefficient (Wildman–Crippen LogP) is 5.01. The van der Waals surface area contributed by atoms with Crippen LogP contribution in [0, 0.1) is 5.82 Å². The number of likely N-dealkylation sites (tertiary alicyclic amines) is 1. The number of Topliss-reactive ketones (excluding diaryl/α,β-unsaturated/α-hetero) is 1. The summed E-state index contributed by atoms with van der Waals surface area (Å²) in [6.45, 7) is 1.26. The summed E-state index contributed by atoms with van der Waals surface area (Å²) in [7, 11) is 0. The fourth-order valence-corrected chi connectivity index (χ4v) is 4.67. The summed E-state index contributed by atoms with van der Waals surface area (Å²) in [4.78, 5) is 27.7. The molecule has 2 fully saturated rings. The average molecular weight is 488 g/mol. The van der Waals surface area contributed by atoms with Gasteiger partial charge in [0, 0.05) is 18.7 Å². The van der Waals surface area contributed by atoms with Gasteiger partial charge in [-0.1, -0.05) is 42.5 Å². The monoisotopic (exact) mass is 487 g/mol. The minimum Gasteiger partial charge on any atom is -0.507 e. The third-order valence-electron chi connectivity index (χ3n) is 6.53. The summed E-state index contributed by atoms with van der Waals surface area (Å²) >= 11 is 0. The van der Waals surface area contributed by atoms with Crippen LogP contribution in [-0.2, 0) is 20.9 Å². The molecule has 3 aromatic rings. The number of hydrogen-bond donors (Lipinski definition) is 1. The number of ketones is 1. The molecule has 0 aliphatic carbocycles. The molecule has 6 nitrogen and oxygen atoms in total. The number of aliphatic hydroxyl groups excluding tert-OH is 1. The molecule has 0 bridgehead atoms. The van der Waals surface area contributed by atoms with Gasteiger partial charge in [-0.15, -0.1) is 0 Å². The molecular weight excluding hydrogens is 461 g/mol. The summed E-state index contributed by atoms with van der Waals surface area (Å²) in [6, 6.07) is 21.3. The molecule has 36 heavy (non-hydrogen) atoms. The highest BCUT2D eigenvalue weighted by molar-refractivity contribution is 6.46. The van der Waals surface area contributed by atoms with Crippen molar-refractivity contribution in [1.29, 1.82) is 0 Å². The number of carbonyl (C=O) groups is 2. The fourth-order valence-electron chi connectivity index (χ4n) is 4.67. The van der Waals surface area contributed by atoms with E-state index in [-0.39, 0.29) is 29.5 Å². The summed E-state index contributed by atoms with van der Waals surface area (Å²) in [6.07, 6.45) is 1.51. The number of nitrogens with zero attached hydrogens (tertiary/aromatic N) is 1. The molecule has 0 aromatic heterocycles. The standard InChI is InChI=1S/C29H26FNO5/c30-22-12-8-21(9-13-22)27(32)25-26(31(29(34)28(25)33)17-24-7-4-16-35-24)20-10-14-23(15-11-20)36-18-19-5-2-1-3-6-19/h1-3,5-6,8-15,24,26,32H,4,7,16-18H2/b27-25-. The molecule has 2 atom stereocenters. The minimum atomic E-state index is -0.803. The second kappa shape index (κ2) is 10.3. The topological polar surface area (TPSA) is 76.1 Å². The molecule has 2 aliphatic heterocycles. The molecule has 0 spiro atoms. The van der Waals surface area contributed by atoms with Crippen LogP contribution in [0.5, 0.6) is 5.75 Å². The lowest BCUT2D eigenvalue weighted by molar-refractivity contribution is -0.140. The molecular formula is C29H26FNO5. The Morgan fingerprint density at radius 2 is 1.72 bits per heavy atom. The molecule has 7 heteroatoms. The van der Waals surface area contributed by atoms with Crippen molar-refractivity contribution >= 4 is 17.4 Å². The maximum absolute atomic E-state index is 13.5. The summed E-state index contributed by atoms with van der Waals surface area (Å²) in [5.74, 6) is -1.63. The molecule has 2 heterocycles.